The van der Waals surface area contributed by atoms with Crippen molar-refractivity contribution in [1.82, 2.24) is 0 Å². The van der Waals surface area contributed by atoms with Gasteiger partial charge in [0.2, 0.25) is 0 Å². The summed E-state index contributed by atoms with van der Waals surface area (Å²) in [4.78, 5) is 11.9. The topological polar surface area (TPSA) is 26.3 Å². The van der Waals surface area contributed by atoms with Crippen LogP contribution in [0.3, 0.4) is 0 Å². The van der Waals surface area contributed by atoms with E-state index >= 15 is 0 Å². The van der Waals surface area contributed by atoms with Gasteiger partial charge in [-0.15, -0.1) is 0 Å². The standard InChI is InChI=1S/C15H20O2S/c1-11(10-18-2)14(16)5-3-12-4-6-15-13(9-12)7-8-17-15/h4,6,9,11H,3,5,7-8,10H2,1-2H3. The van der Waals surface area contributed by atoms with Crippen LogP contribution in [0.1, 0.15) is 24.5 Å². The molecule has 1 unspecified atom stereocenters. The van der Waals surface area contributed by atoms with E-state index in [0.717, 1.165) is 31.0 Å². The van der Waals surface area contributed by atoms with Crippen molar-refractivity contribution in [3.05, 3.63) is 29.3 Å². The van der Waals surface area contributed by atoms with Crippen molar-refractivity contribution in [2.24, 2.45) is 5.92 Å². The predicted octanol–water partition coefficient (Wildman–Crippen LogP) is 3.12. The number of ether oxygens (including phenoxy) is 1. The fourth-order valence-electron chi connectivity index (χ4n) is 2.25. The molecule has 3 heteroatoms. The molecule has 2 rings (SSSR count). The average molecular weight is 264 g/mol. The van der Waals surface area contributed by atoms with Crippen LogP contribution in [0.15, 0.2) is 18.2 Å². The first-order chi connectivity index (χ1) is 8.70. The molecule has 2 nitrogen and oxygen atoms in total. The van der Waals surface area contributed by atoms with Crippen LogP contribution in [0.5, 0.6) is 5.75 Å². The monoisotopic (exact) mass is 264 g/mol. The summed E-state index contributed by atoms with van der Waals surface area (Å²) in [6.07, 6.45) is 4.55. The number of Topliss-reactive ketones (excluding diaryl/α,β-unsaturated/α-hetero) is 1. The summed E-state index contributed by atoms with van der Waals surface area (Å²) in [5.74, 6) is 2.50. The van der Waals surface area contributed by atoms with Gasteiger partial charge in [-0.25, -0.2) is 0 Å². The molecule has 0 aliphatic carbocycles. The van der Waals surface area contributed by atoms with Crippen molar-refractivity contribution in [2.75, 3.05) is 18.6 Å². The molecule has 0 radical (unpaired) electrons. The minimum atomic E-state index is 0.178. The third-order valence-electron chi connectivity index (χ3n) is 3.38. The fourth-order valence-corrected chi connectivity index (χ4v) is 2.94. The predicted molar refractivity (Wildman–Crippen MR) is 76.5 cm³/mol. The summed E-state index contributed by atoms with van der Waals surface area (Å²) in [6.45, 7) is 2.82. The molecule has 1 aliphatic rings. The maximum absolute atomic E-state index is 11.9. The number of thioether (sulfide) groups is 1. The highest BCUT2D eigenvalue weighted by Crippen LogP contribution is 2.26. The summed E-state index contributed by atoms with van der Waals surface area (Å²) < 4.78 is 5.48. The normalized spacial score (nSPS) is 15.0. The number of carbonyl (C=O) groups is 1. The first kappa shape index (κ1) is 13.5. The highest BCUT2D eigenvalue weighted by atomic mass is 32.2. The number of fused-ring (bicyclic) bond motifs is 1. The zero-order valence-corrected chi connectivity index (χ0v) is 11.9. The maximum atomic E-state index is 11.9. The van der Waals surface area contributed by atoms with E-state index in [0.29, 0.717) is 12.2 Å². The lowest BCUT2D eigenvalue weighted by Gasteiger charge is -2.09. The molecule has 18 heavy (non-hydrogen) atoms. The van der Waals surface area contributed by atoms with Crippen LogP contribution < -0.4 is 4.74 Å². The molecule has 0 N–H and O–H groups in total. The van der Waals surface area contributed by atoms with E-state index in [4.69, 9.17) is 4.74 Å². The van der Waals surface area contributed by atoms with E-state index in [9.17, 15) is 4.79 Å². The van der Waals surface area contributed by atoms with Crippen LogP contribution in [0.4, 0.5) is 0 Å². The first-order valence-electron chi connectivity index (χ1n) is 6.47. The number of hydrogen-bond acceptors (Lipinski definition) is 3. The fraction of sp³-hybridized carbons (Fsp3) is 0.533. The number of rotatable bonds is 6. The van der Waals surface area contributed by atoms with Gasteiger partial charge in [-0.1, -0.05) is 19.1 Å². The highest BCUT2D eigenvalue weighted by molar-refractivity contribution is 7.98. The number of ketones is 1. The molecule has 1 heterocycles. The molecule has 0 bridgehead atoms. The van der Waals surface area contributed by atoms with Gasteiger partial charge in [-0.05, 0) is 29.9 Å². The van der Waals surface area contributed by atoms with Gasteiger partial charge in [0.05, 0.1) is 6.61 Å². The van der Waals surface area contributed by atoms with Gasteiger partial charge in [0, 0.05) is 24.5 Å². The van der Waals surface area contributed by atoms with Crippen molar-refractivity contribution in [1.29, 1.82) is 0 Å². The second-order valence-electron chi connectivity index (χ2n) is 4.86. The summed E-state index contributed by atoms with van der Waals surface area (Å²) in [5.41, 5.74) is 2.54. The Morgan fingerprint density at radius 3 is 3.11 bits per heavy atom. The van der Waals surface area contributed by atoms with Crippen molar-refractivity contribution >= 4 is 17.5 Å². The maximum Gasteiger partial charge on any atom is 0.136 e. The molecule has 0 fully saturated rings. The SMILES string of the molecule is CSCC(C)C(=O)CCc1ccc2c(c1)CCO2. The van der Waals surface area contributed by atoms with Gasteiger partial charge in [0.1, 0.15) is 11.5 Å². The largest absolute Gasteiger partial charge is 0.493 e. The second kappa shape index (κ2) is 6.28. The van der Waals surface area contributed by atoms with E-state index in [1.165, 1.54) is 11.1 Å². The lowest BCUT2D eigenvalue weighted by molar-refractivity contribution is -0.121. The second-order valence-corrected chi connectivity index (χ2v) is 5.77. The van der Waals surface area contributed by atoms with Crippen LogP contribution >= 0.6 is 11.8 Å². The molecule has 1 aromatic carbocycles. The van der Waals surface area contributed by atoms with E-state index in [1.807, 2.05) is 19.2 Å². The molecule has 1 atom stereocenters. The molecule has 1 aliphatic heterocycles. The molecule has 0 spiro atoms. The van der Waals surface area contributed by atoms with Gasteiger partial charge in [0.25, 0.3) is 0 Å². The van der Waals surface area contributed by atoms with E-state index in [-0.39, 0.29) is 5.92 Å². The third kappa shape index (κ3) is 3.29. The van der Waals surface area contributed by atoms with Crippen molar-refractivity contribution in [3.8, 4) is 5.75 Å². The number of hydrogen-bond donors (Lipinski definition) is 0. The Balaban J connectivity index is 1.88. The lowest BCUT2D eigenvalue weighted by atomic mass is 9.99. The van der Waals surface area contributed by atoms with Crippen molar-refractivity contribution in [3.63, 3.8) is 0 Å². The lowest BCUT2D eigenvalue weighted by Crippen LogP contribution is -2.13. The first-order valence-corrected chi connectivity index (χ1v) is 7.86. The smallest absolute Gasteiger partial charge is 0.136 e. The average Bonchev–Trinajstić information content (AvgIpc) is 2.83. The van der Waals surface area contributed by atoms with Gasteiger partial charge >= 0.3 is 0 Å². The summed E-state index contributed by atoms with van der Waals surface area (Å²) in [6, 6.07) is 6.30. The van der Waals surface area contributed by atoms with Crippen molar-refractivity contribution < 1.29 is 9.53 Å². The minimum absolute atomic E-state index is 0.178. The Labute approximate surface area is 113 Å². The molecule has 0 amide bonds. The molecular formula is C15H20O2S. The summed E-state index contributed by atoms with van der Waals surface area (Å²) >= 11 is 1.74. The van der Waals surface area contributed by atoms with Crippen LogP contribution in [0.2, 0.25) is 0 Å². The molecular weight excluding hydrogens is 244 g/mol. The van der Waals surface area contributed by atoms with E-state index in [2.05, 4.69) is 12.1 Å². The van der Waals surface area contributed by atoms with Gasteiger partial charge in [-0.3, -0.25) is 4.79 Å². The number of benzene rings is 1. The van der Waals surface area contributed by atoms with E-state index < -0.39 is 0 Å². The van der Waals surface area contributed by atoms with Gasteiger partial charge < -0.3 is 4.74 Å². The zero-order chi connectivity index (χ0) is 13.0. The Kier molecular flexibility index (Phi) is 4.70. The highest BCUT2D eigenvalue weighted by Gasteiger charge is 2.14. The number of carbonyl (C=O) groups excluding carboxylic acids is 1. The van der Waals surface area contributed by atoms with Crippen LogP contribution in [0.25, 0.3) is 0 Å². The Bertz CT molecular complexity index is 429. The van der Waals surface area contributed by atoms with E-state index in [1.54, 1.807) is 11.8 Å². The number of aryl methyl sites for hydroxylation is 1. The molecule has 0 saturated carbocycles. The minimum Gasteiger partial charge on any atom is -0.493 e. The van der Waals surface area contributed by atoms with Crippen LogP contribution in [-0.4, -0.2) is 24.4 Å². The zero-order valence-electron chi connectivity index (χ0n) is 11.1. The van der Waals surface area contributed by atoms with Gasteiger partial charge in [0.15, 0.2) is 0 Å². The summed E-state index contributed by atoms with van der Waals surface area (Å²) in [5, 5.41) is 0. The third-order valence-corrected chi connectivity index (χ3v) is 4.21. The molecule has 1 aromatic rings. The molecule has 98 valence electrons. The van der Waals surface area contributed by atoms with Gasteiger partial charge in [-0.2, -0.15) is 11.8 Å². The Morgan fingerprint density at radius 2 is 2.33 bits per heavy atom. The summed E-state index contributed by atoms with van der Waals surface area (Å²) in [7, 11) is 0. The van der Waals surface area contributed by atoms with Crippen LogP contribution in [0, 0.1) is 5.92 Å². The molecule has 0 saturated heterocycles. The van der Waals surface area contributed by atoms with Crippen molar-refractivity contribution in [2.45, 2.75) is 26.2 Å². The Morgan fingerprint density at radius 1 is 1.50 bits per heavy atom. The van der Waals surface area contributed by atoms with Crippen LogP contribution in [-0.2, 0) is 17.6 Å². The quantitative estimate of drug-likeness (QED) is 0.789. The Hall–Kier alpha value is -0.960. The molecule has 0 aromatic heterocycles.